The third-order valence-electron chi connectivity index (χ3n) is 6.34. The predicted molar refractivity (Wildman–Crippen MR) is 175 cm³/mol. The number of amides is 3. The summed E-state index contributed by atoms with van der Waals surface area (Å²) in [5, 5.41) is 7.18. The summed E-state index contributed by atoms with van der Waals surface area (Å²) in [5.74, 6) is -0.394. The van der Waals surface area contributed by atoms with Crippen molar-refractivity contribution in [2.24, 2.45) is 0 Å². The standard InChI is InChI=1S/C33H41N7O7/c1-10-34-28(41)45-17-16-38-29(42)39-26(37-38)24(23-18-20(2)35-21(3)19-23)25(22-14-12-11-13-15-22)36-27(39)40(30(43)46-32(4,5)6)31(44)47-33(7,8)9/h11-15,18-19H,10,16-17H2,1-9H3,(H,34,41). The molecule has 14 nitrogen and oxygen atoms in total. The number of benzene rings is 1. The first-order chi connectivity index (χ1) is 22.0. The normalized spacial score (nSPS) is 11.7. The summed E-state index contributed by atoms with van der Waals surface area (Å²) in [6, 6.07) is 12.8. The molecule has 47 heavy (non-hydrogen) atoms. The highest BCUT2D eigenvalue weighted by molar-refractivity contribution is 6.09. The fourth-order valence-corrected chi connectivity index (χ4v) is 4.68. The van der Waals surface area contributed by atoms with Gasteiger partial charge in [-0.1, -0.05) is 30.3 Å². The minimum Gasteiger partial charge on any atom is -0.448 e. The molecule has 14 heteroatoms. The van der Waals surface area contributed by atoms with Crippen molar-refractivity contribution in [2.45, 2.75) is 80.1 Å². The second kappa shape index (κ2) is 13.6. The molecule has 4 aromatic rings. The summed E-state index contributed by atoms with van der Waals surface area (Å²) >= 11 is 0. The summed E-state index contributed by atoms with van der Waals surface area (Å²) in [7, 11) is 0. The van der Waals surface area contributed by atoms with Crippen LogP contribution in [0.25, 0.3) is 28.0 Å². The maximum absolute atomic E-state index is 14.2. The second-order valence-electron chi connectivity index (χ2n) is 12.8. The molecule has 0 aliphatic carbocycles. The Kier molecular flexibility index (Phi) is 10.0. The fraction of sp³-hybridized carbons (Fsp3) is 0.424. The minimum atomic E-state index is -1.11. The van der Waals surface area contributed by atoms with Crippen LogP contribution in [0, 0.1) is 13.8 Å². The molecule has 0 aliphatic rings. The Bertz CT molecular complexity index is 1800. The molecule has 0 unspecified atom stereocenters. The number of rotatable bonds is 7. The Morgan fingerprint density at radius 3 is 1.98 bits per heavy atom. The monoisotopic (exact) mass is 647 g/mol. The number of carbonyl (C=O) groups is 3. The van der Waals surface area contributed by atoms with E-state index in [1.165, 1.54) is 0 Å². The first kappa shape index (κ1) is 34.6. The zero-order valence-electron chi connectivity index (χ0n) is 28.2. The molecule has 250 valence electrons. The number of anilines is 1. The summed E-state index contributed by atoms with van der Waals surface area (Å²) < 4.78 is 18.6. The Morgan fingerprint density at radius 1 is 0.872 bits per heavy atom. The van der Waals surface area contributed by atoms with E-state index in [0.29, 0.717) is 45.2 Å². The van der Waals surface area contributed by atoms with E-state index in [1.54, 1.807) is 48.5 Å². The molecule has 0 saturated carbocycles. The molecular formula is C33H41N7O7. The molecule has 1 aromatic carbocycles. The number of imide groups is 1. The van der Waals surface area contributed by atoms with Gasteiger partial charge in [-0.15, -0.1) is 10.00 Å². The zero-order chi connectivity index (χ0) is 34.7. The van der Waals surface area contributed by atoms with Crippen molar-refractivity contribution >= 4 is 29.9 Å². The number of hydrogen-bond donors (Lipinski definition) is 1. The van der Waals surface area contributed by atoms with Crippen molar-refractivity contribution in [3.63, 3.8) is 0 Å². The average Bonchev–Trinajstić information content (AvgIpc) is 3.26. The molecule has 3 heterocycles. The number of ether oxygens (including phenoxy) is 3. The minimum absolute atomic E-state index is 0.0824. The number of pyridine rings is 1. The maximum Gasteiger partial charge on any atom is 0.427 e. The third-order valence-corrected chi connectivity index (χ3v) is 6.34. The smallest absolute Gasteiger partial charge is 0.427 e. The van der Waals surface area contributed by atoms with Crippen LogP contribution >= 0.6 is 0 Å². The van der Waals surface area contributed by atoms with Crippen LogP contribution < -0.4 is 15.9 Å². The van der Waals surface area contributed by atoms with E-state index < -0.39 is 41.1 Å². The number of carbonyl (C=O) groups excluding carboxylic acids is 3. The van der Waals surface area contributed by atoms with E-state index in [1.807, 2.05) is 56.3 Å². The number of hydrogen-bond acceptors (Lipinski definition) is 10. The van der Waals surface area contributed by atoms with Gasteiger partial charge in [0.25, 0.3) is 0 Å². The molecular weight excluding hydrogens is 606 g/mol. The molecule has 0 atom stereocenters. The van der Waals surface area contributed by atoms with Crippen molar-refractivity contribution < 1.29 is 28.6 Å². The second-order valence-corrected chi connectivity index (χ2v) is 12.8. The number of fused-ring (bicyclic) bond motifs is 1. The van der Waals surface area contributed by atoms with Crippen LogP contribution in [0.4, 0.5) is 20.3 Å². The average molecular weight is 648 g/mol. The van der Waals surface area contributed by atoms with E-state index in [4.69, 9.17) is 19.2 Å². The van der Waals surface area contributed by atoms with Gasteiger partial charge in [-0.05, 0) is 80.0 Å². The van der Waals surface area contributed by atoms with E-state index in [-0.39, 0.29) is 18.8 Å². The Hall–Kier alpha value is -5.27. The molecule has 4 rings (SSSR count). The fourth-order valence-electron chi connectivity index (χ4n) is 4.68. The highest BCUT2D eigenvalue weighted by atomic mass is 16.6. The third kappa shape index (κ3) is 8.31. The number of aryl methyl sites for hydroxylation is 2. The molecule has 0 bridgehead atoms. The van der Waals surface area contributed by atoms with Crippen LogP contribution in [0.1, 0.15) is 59.9 Å². The topological polar surface area (TPSA) is 159 Å². The van der Waals surface area contributed by atoms with Crippen LogP contribution in [0.5, 0.6) is 0 Å². The molecule has 3 amide bonds. The summed E-state index contributed by atoms with van der Waals surface area (Å²) in [5.41, 5.74) is 0.759. The van der Waals surface area contributed by atoms with Gasteiger partial charge in [-0.2, -0.15) is 0 Å². The molecule has 0 fully saturated rings. The Labute approximate surface area is 272 Å². The maximum atomic E-state index is 14.2. The van der Waals surface area contributed by atoms with E-state index in [0.717, 1.165) is 9.08 Å². The van der Waals surface area contributed by atoms with Gasteiger partial charge in [-0.25, -0.2) is 33.2 Å². The van der Waals surface area contributed by atoms with Crippen molar-refractivity contribution in [3.8, 4) is 22.4 Å². The largest absolute Gasteiger partial charge is 0.448 e. The first-order valence-corrected chi connectivity index (χ1v) is 15.2. The molecule has 0 aliphatic heterocycles. The van der Waals surface area contributed by atoms with E-state index in [9.17, 15) is 19.2 Å². The molecule has 1 N–H and O–H groups in total. The molecule has 3 aromatic heterocycles. The van der Waals surface area contributed by atoms with E-state index >= 15 is 0 Å². The van der Waals surface area contributed by atoms with Gasteiger partial charge in [0.05, 0.1) is 17.8 Å². The van der Waals surface area contributed by atoms with Crippen molar-refractivity contribution in [1.82, 2.24) is 29.5 Å². The lowest BCUT2D eigenvalue weighted by Crippen LogP contribution is -2.46. The molecule has 0 spiro atoms. The van der Waals surface area contributed by atoms with Gasteiger partial charge < -0.3 is 19.5 Å². The van der Waals surface area contributed by atoms with Crippen molar-refractivity contribution in [2.75, 3.05) is 18.1 Å². The number of alkyl carbamates (subject to hydrolysis) is 1. The zero-order valence-corrected chi connectivity index (χ0v) is 28.2. The van der Waals surface area contributed by atoms with Gasteiger partial charge in [0.1, 0.15) is 17.8 Å². The summed E-state index contributed by atoms with van der Waals surface area (Å²) in [6.45, 7) is 15.3. The summed E-state index contributed by atoms with van der Waals surface area (Å²) in [4.78, 5) is 63.6. The van der Waals surface area contributed by atoms with Gasteiger partial charge in [0.2, 0.25) is 5.95 Å². The van der Waals surface area contributed by atoms with Gasteiger partial charge >= 0.3 is 24.0 Å². The van der Waals surface area contributed by atoms with Gasteiger partial charge in [0.15, 0.2) is 5.65 Å². The highest BCUT2D eigenvalue weighted by Gasteiger charge is 2.37. The van der Waals surface area contributed by atoms with Crippen LogP contribution in [0.3, 0.4) is 0 Å². The molecule has 0 saturated heterocycles. The van der Waals surface area contributed by atoms with Crippen LogP contribution in [-0.2, 0) is 20.8 Å². The van der Waals surface area contributed by atoms with Crippen LogP contribution in [0.2, 0.25) is 0 Å². The highest BCUT2D eigenvalue weighted by Crippen LogP contribution is 2.36. The Morgan fingerprint density at radius 2 is 1.45 bits per heavy atom. The van der Waals surface area contributed by atoms with Gasteiger partial charge in [-0.3, -0.25) is 4.98 Å². The number of nitrogens with one attached hydrogen (secondary N) is 1. The van der Waals surface area contributed by atoms with Gasteiger partial charge in [0, 0.05) is 23.5 Å². The lowest BCUT2D eigenvalue weighted by Gasteiger charge is -2.28. The predicted octanol–water partition coefficient (Wildman–Crippen LogP) is 5.66. The SMILES string of the molecule is CCNC(=O)OCCn1nc2c(-c3cc(C)nc(C)c3)c(-c3ccccc3)nc(N(C(=O)OC(C)(C)C)C(=O)OC(C)(C)C)n2c1=O. The van der Waals surface area contributed by atoms with Crippen LogP contribution in [0.15, 0.2) is 47.3 Å². The Balaban J connectivity index is 2.11. The summed E-state index contributed by atoms with van der Waals surface area (Å²) in [6.07, 6.45) is -2.87. The number of aromatic nitrogens is 5. The lowest BCUT2D eigenvalue weighted by molar-refractivity contribution is 0.0426. The molecule has 0 radical (unpaired) electrons. The van der Waals surface area contributed by atoms with Crippen molar-refractivity contribution in [1.29, 1.82) is 0 Å². The lowest BCUT2D eigenvalue weighted by atomic mass is 9.99. The van der Waals surface area contributed by atoms with Crippen molar-refractivity contribution in [3.05, 3.63) is 64.3 Å². The quantitative estimate of drug-likeness (QED) is 0.248. The van der Waals surface area contributed by atoms with Crippen LogP contribution in [-0.4, -0.2) is 66.8 Å². The number of nitrogens with zero attached hydrogens (tertiary/aromatic N) is 6. The van der Waals surface area contributed by atoms with E-state index in [2.05, 4.69) is 15.4 Å². The first-order valence-electron chi connectivity index (χ1n) is 15.2.